The molecule has 0 atom stereocenters. The van der Waals surface area contributed by atoms with Gasteiger partial charge >= 0.3 is 0 Å². The molecule has 0 saturated carbocycles. The predicted octanol–water partition coefficient (Wildman–Crippen LogP) is 3.59. The lowest BCUT2D eigenvalue weighted by molar-refractivity contribution is 0.376. The summed E-state index contributed by atoms with van der Waals surface area (Å²) in [5.41, 5.74) is 3.52. The van der Waals surface area contributed by atoms with Crippen LogP contribution in [0.4, 0.5) is 5.69 Å². The van der Waals surface area contributed by atoms with Crippen molar-refractivity contribution in [2.75, 3.05) is 11.4 Å². The van der Waals surface area contributed by atoms with Crippen LogP contribution in [-0.4, -0.2) is 11.7 Å². The second-order valence-electron chi connectivity index (χ2n) is 4.73. The van der Waals surface area contributed by atoms with Gasteiger partial charge in [-0.05, 0) is 43.5 Å². The lowest BCUT2D eigenvalue weighted by Gasteiger charge is -2.30. The van der Waals surface area contributed by atoms with Crippen molar-refractivity contribution < 1.29 is 4.52 Å². The van der Waals surface area contributed by atoms with Crippen molar-refractivity contribution in [3.05, 3.63) is 46.3 Å². The maximum atomic E-state index is 6.04. The smallest absolute Gasteiger partial charge is 0.156 e. The average Bonchev–Trinajstić information content (AvgIpc) is 2.75. The Balaban J connectivity index is 1.87. The van der Waals surface area contributed by atoms with Gasteiger partial charge in [0.15, 0.2) is 5.76 Å². The highest BCUT2D eigenvalue weighted by atomic mass is 35.5. The minimum absolute atomic E-state index is 0.773. The number of nitrogens with zero attached hydrogens (tertiary/aromatic N) is 2. The standard InChI is InChI=1S/C14H15ClN2O/c1-10-7-13(18-16-10)9-17-6-2-3-11-8-12(15)4-5-14(11)17/h4-5,7-8H,2-3,6,9H2,1H3. The van der Waals surface area contributed by atoms with E-state index in [1.54, 1.807) is 0 Å². The number of rotatable bonds is 2. The molecule has 0 fully saturated rings. The molecule has 2 aromatic rings. The van der Waals surface area contributed by atoms with Gasteiger partial charge < -0.3 is 9.42 Å². The molecular weight excluding hydrogens is 248 g/mol. The van der Waals surface area contributed by atoms with Crippen LogP contribution in [0, 0.1) is 6.92 Å². The Morgan fingerprint density at radius 3 is 3.06 bits per heavy atom. The van der Waals surface area contributed by atoms with Gasteiger partial charge in [-0.25, -0.2) is 0 Å². The topological polar surface area (TPSA) is 29.3 Å². The van der Waals surface area contributed by atoms with E-state index in [4.69, 9.17) is 16.1 Å². The van der Waals surface area contributed by atoms with Crippen molar-refractivity contribution in [3.63, 3.8) is 0 Å². The molecule has 0 amide bonds. The van der Waals surface area contributed by atoms with Gasteiger partial charge in [0.25, 0.3) is 0 Å². The monoisotopic (exact) mass is 262 g/mol. The number of hydrogen-bond acceptors (Lipinski definition) is 3. The third kappa shape index (κ3) is 2.23. The van der Waals surface area contributed by atoms with Crippen molar-refractivity contribution in [2.24, 2.45) is 0 Å². The zero-order chi connectivity index (χ0) is 12.5. The Bertz CT molecular complexity index is 565. The minimum atomic E-state index is 0.773. The molecular formula is C14H15ClN2O. The molecule has 18 heavy (non-hydrogen) atoms. The van der Waals surface area contributed by atoms with Crippen molar-refractivity contribution in [2.45, 2.75) is 26.3 Å². The second kappa shape index (κ2) is 4.65. The van der Waals surface area contributed by atoms with E-state index in [1.807, 2.05) is 19.1 Å². The highest BCUT2D eigenvalue weighted by Gasteiger charge is 2.18. The maximum absolute atomic E-state index is 6.04. The molecule has 1 aliphatic rings. The molecule has 0 unspecified atom stereocenters. The maximum Gasteiger partial charge on any atom is 0.156 e. The molecule has 1 aliphatic heterocycles. The van der Waals surface area contributed by atoms with Crippen molar-refractivity contribution in [1.29, 1.82) is 0 Å². The molecule has 94 valence electrons. The number of aryl methyl sites for hydroxylation is 2. The number of hydrogen-bond donors (Lipinski definition) is 0. The summed E-state index contributed by atoms with van der Waals surface area (Å²) in [6, 6.07) is 8.10. The summed E-state index contributed by atoms with van der Waals surface area (Å²) in [5, 5.41) is 4.74. The van der Waals surface area contributed by atoms with Gasteiger partial charge in [-0.15, -0.1) is 0 Å². The van der Waals surface area contributed by atoms with Gasteiger partial charge in [-0.2, -0.15) is 0 Å². The molecule has 3 nitrogen and oxygen atoms in total. The fraction of sp³-hybridized carbons (Fsp3) is 0.357. The first-order valence-corrected chi connectivity index (χ1v) is 6.56. The van der Waals surface area contributed by atoms with Crippen molar-refractivity contribution in [1.82, 2.24) is 5.16 Å². The van der Waals surface area contributed by atoms with Gasteiger partial charge in [0, 0.05) is 23.3 Å². The Kier molecular flexibility index (Phi) is 3.00. The highest BCUT2D eigenvalue weighted by Crippen LogP contribution is 2.30. The molecule has 0 spiro atoms. The largest absolute Gasteiger partial charge is 0.364 e. The Morgan fingerprint density at radius 2 is 2.28 bits per heavy atom. The highest BCUT2D eigenvalue weighted by molar-refractivity contribution is 6.30. The predicted molar refractivity (Wildman–Crippen MR) is 72.1 cm³/mol. The summed E-state index contributed by atoms with van der Waals surface area (Å²) >= 11 is 6.04. The van der Waals surface area contributed by atoms with E-state index in [9.17, 15) is 0 Å². The second-order valence-corrected chi connectivity index (χ2v) is 5.17. The molecule has 0 aliphatic carbocycles. The third-order valence-electron chi connectivity index (χ3n) is 3.28. The number of aromatic nitrogens is 1. The summed E-state index contributed by atoms with van der Waals surface area (Å²) in [6.45, 7) is 3.76. The van der Waals surface area contributed by atoms with Crippen LogP contribution in [0.5, 0.6) is 0 Å². The summed E-state index contributed by atoms with van der Waals surface area (Å²) in [4.78, 5) is 2.33. The molecule has 2 heterocycles. The molecule has 1 aromatic carbocycles. The van der Waals surface area contributed by atoms with Crippen LogP contribution >= 0.6 is 11.6 Å². The number of fused-ring (bicyclic) bond motifs is 1. The van der Waals surface area contributed by atoms with Crippen molar-refractivity contribution in [3.8, 4) is 0 Å². The van der Waals surface area contributed by atoms with E-state index in [2.05, 4.69) is 22.2 Å². The van der Waals surface area contributed by atoms with Crippen LogP contribution in [0.2, 0.25) is 5.02 Å². The van der Waals surface area contributed by atoms with Crippen LogP contribution in [0.25, 0.3) is 0 Å². The average molecular weight is 263 g/mol. The molecule has 4 heteroatoms. The van der Waals surface area contributed by atoms with Crippen LogP contribution < -0.4 is 4.90 Å². The Hall–Kier alpha value is -1.48. The van der Waals surface area contributed by atoms with E-state index in [1.165, 1.54) is 11.3 Å². The molecule has 0 N–H and O–H groups in total. The summed E-state index contributed by atoms with van der Waals surface area (Å²) < 4.78 is 5.29. The Morgan fingerprint density at radius 1 is 1.39 bits per heavy atom. The lowest BCUT2D eigenvalue weighted by atomic mass is 10.0. The van der Waals surface area contributed by atoms with Gasteiger partial charge in [-0.3, -0.25) is 0 Å². The lowest BCUT2D eigenvalue weighted by Crippen LogP contribution is -2.28. The fourth-order valence-electron chi connectivity index (χ4n) is 2.49. The van der Waals surface area contributed by atoms with E-state index in [0.717, 1.165) is 42.4 Å². The zero-order valence-electron chi connectivity index (χ0n) is 10.3. The van der Waals surface area contributed by atoms with Crippen LogP contribution in [0.1, 0.15) is 23.4 Å². The van der Waals surface area contributed by atoms with Crippen molar-refractivity contribution >= 4 is 17.3 Å². The van der Waals surface area contributed by atoms with E-state index in [0.29, 0.717) is 0 Å². The first-order chi connectivity index (χ1) is 8.72. The summed E-state index contributed by atoms with van der Waals surface area (Å²) in [7, 11) is 0. The van der Waals surface area contributed by atoms with Crippen LogP contribution in [0.15, 0.2) is 28.8 Å². The quantitative estimate of drug-likeness (QED) is 0.828. The normalized spacial score (nSPS) is 14.7. The first kappa shape index (κ1) is 11.6. The zero-order valence-corrected chi connectivity index (χ0v) is 11.1. The first-order valence-electron chi connectivity index (χ1n) is 6.18. The number of benzene rings is 1. The third-order valence-corrected chi connectivity index (χ3v) is 3.51. The minimum Gasteiger partial charge on any atom is -0.364 e. The summed E-state index contributed by atoms with van der Waals surface area (Å²) in [5.74, 6) is 0.912. The molecule has 3 rings (SSSR count). The van der Waals surface area contributed by atoms with E-state index in [-0.39, 0.29) is 0 Å². The van der Waals surface area contributed by atoms with Crippen LogP contribution in [0.3, 0.4) is 0 Å². The number of halogens is 1. The van der Waals surface area contributed by atoms with E-state index >= 15 is 0 Å². The van der Waals surface area contributed by atoms with Gasteiger partial charge in [-0.1, -0.05) is 16.8 Å². The number of anilines is 1. The van der Waals surface area contributed by atoms with Crippen LogP contribution in [-0.2, 0) is 13.0 Å². The summed E-state index contributed by atoms with van der Waals surface area (Å²) in [6.07, 6.45) is 2.25. The molecule has 0 radical (unpaired) electrons. The molecule has 0 bridgehead atoms. The molecule has 1 aromatic heterocycles. The SMILES string of the molecule is Cc1cc(CN2CCCc3cc(Cl)ccc32)on1. The van der Waals surface area contributed by atoms with Gasteiger partial charge in [0.1, 0.15) is 0 Å². The van der Waals surface area contributed by atoms with Gasteiger partial charge in [0.2, 0.25) is 0 Å². The molecule has 0 saturated heterocycles. The van der Waals surface area contributed by atoms with Gasteiger partial charge in [0.05, 0.1) is 12.2 Å². The van der Waals surface area contributed by atoms with E-state index < -0.39 is 0 Å². The fourth-order valence-corrected chi connectivity index (χ4v) is 2.68. The Labute approximate surface area is 111 Å².